The van der Waals surface area contributed by atoms with Crippen molar-refractivity contribution in [2.45, 2.75) is 458 Å². The van der Waals surface area contributed by atoms with Gasteiger partial charge in [-0.15, -0.1) is 0 Å². The summed E-state index contributed by atoms with van der Waals surface area (Å²) in [5.74, 6) is -0.653. The number of esters is 4. The molecule has 0 saturated heterocycles. The van der Waals surface area contributed by atoms with Gasteiger partial charge in [-0.3, -0.25) is 37.3 Å². The van der Waals surface area contributed by atoms with Gasteiger partial charge in [0.15, 0.2) is 12.2 Å². The van der Waals surface area contributed by atoms with E-state index in [-0.39, 0.29) is 25.7 Å². The number of carbonyl (C=O) groups is 4. The summed E-state index contributed by atoms with van der Waals surface area (Å²) in [6, 6.07) is 0. The monoisotopic (exact) mass is 1490 g/mol. The Kier molecular flexibility index (Phi) is 73.1. The van der Waals surface area contributed by atoms with Crippen LogP contribution in [0.25, 0.3) is 0 Å². The molecule has 19 heteroatoms. The van der Waals surface area contributed by atoms with Gasteiger partial charge in [0.25, 0.3) is 0 Å². The van der Waals surface area contributed by atoms with E-state index < -0.39 is 97.5 Å². The maximum absolute atomic E-state index is 13.1. The van der Waals surface area contributed by atoms with Gasteiger partial charge in [0.1, 0.15) is 19.3 Å². The fourth-order valence-corrected chi connectivity index (χ4v) is 14.5. The largest absolute Gasteiger partial charge is 0.472 e. The molecule has 3 N–H and O–H groups in total. The summed E-state index contributed by atoms with van der Waals surface area (Å²) in [6.45, 7) is 9.57. The van der Waals surface area contributed by atoms with Gasteiger partial charge in [0.2, 0.25) is 0 Å². The van der Waals surface area contributed by atoms with Gasteiger partial charge < -0.3 is 33.8 Å². The molecular formula is C83H162O17P2. The number of unbranched alkanes of at least 4 members (excludes halogenated alkanes) is 52. The molecule has 0 radical (unpaired) electrons. The average Bonchev–Trinajstić information content (AvgIpc) is 0.911. The van der Waals surface area contributed by atoms with Gasteiger partial charge in [0.05, 0.1) is 26.4 Å². The van der Waals surface area contributed by atoms with Crippen LogP contribution in [0.3, 0.4) is 0 Å². The van der Waals surface area contributed by atoms with Crippen LogP contribution in [0.2, 0.25) is 0 Å². The van der Waals surface area contributed by atoms with Crippen LogP contribution in [0, 0.1) is 11.8 Å². The minimum atomic E-state index is -4.96. The SMILES string of the molecule is CCCCCCCCCCCCCCCCCCCCCCCCC(=O)O[C@H](COC(=O)CCCCCCCCCCCCCCCCCC)COP(=O)(O)OC[C@@H](O)COP(=O)(O)OC[C@@H](COC(=O)CCCCCCCCC(C)C)OC(=O)CCCCCCCCCCCCCCC(C)C. The second-order valence-electron chi connectivity index (χ2n) is 30.8. The Morgan fingerprint density at radius 3 is 0.667 bits per heavy atom. The fraction of sp³-hybridized carbons (Fsp3) is 0.952. The third-order valence-corrected chi connectivity index (χ3v) is 21.4. The van der Waals surface area contributed by atoms with Crippen LogP contribution < -0.4 is 0 Å². The Morgan fingerprint density at radius 2 is 0.451 bits per heavy atom. The molecule has 0 aliphatic carbocycles. The number of rotatable bonds is 82. The van der Waals surface area contributed by atoms with E-state index in [9.17, 15) is 43.2 Å². The molecule has 0 bridgehead atoms. The molecule has 17 nitrogen and oxygen atoms in total. The molecule has 102 heavy (non-hydrogen) atoms. The minimum absolute atomic E-state index is 0.106. The van der Waals surface area contributed by atoms with Crippen LogP contribution in [-0.4, -0.2) is 96.7 Å². The Labute approximate surface area is 626 Å². The smallest absolute Gasteiger partial charge is 0.462 e. The van der Waals surface area contributed by atoms with Crippen molar-refractivity contribution in [2.75, 3.05) is 39.6 Å². The van der Waals surface area contributed by atoms with Crippen LogP contribution >= 0.6 is 15.6 Å². The predicted molar refractivity (Wildman–Crippen MR) is 418 cm³/mol. The summed E-state index contributed by atoms with van der Waals surface area (Å²) >= 11 is 0. The first-order chi connectivity index (χ1) is 49.4. The van der Waals surface area contributed by atoms with Crippen LogP contribution in [0.1, 0.15) is 440 Å². The number of phosphoric acid groups is 2. The second kappa shape index (κ2) is 74.5. The molecule has 0 heterocycles. The molecule has 0 amide bonds. The third kappa shape index (κ3) is 76.3. The van der Waals surface area contributed by atoms with E-state index in [1.807, 2.05) is 0 Å². The molecule has 5 atom stereocenters. The molecule has 2 unspecified atom stereocenters. The quantitative estimate of drug-likeness (QED) is 0.0222. The zero-order chi connectivity index (χ0) is 74.9. The van der Waals surface area contributed by atoms with Gasteiger partial charge in [-0.05, 0) is 37.5 Å². The van der Waals surface area contributed by atoms with Crippen molar-refractivity contribution in [3.63, 3.8) is 0 Å². The van der Waals surface area contributed by atoms with Crippen LogP contribution in [0.5, 0.6) is 0 Å². The second-order valence-corrected chi connectivity index (χ2v) is 33.7. The molecule has 0 aromatic carbocycles. The Bertz CT molecular complexity index is 1960. The fourth-order valence-electron chi connectivity index (χ4n) is 12.9. The molecule has 0 saturated carbocycles. The normalized spacial score (nSPS) is 13.9. The van der Waals surface area contributed by atoms with E-state index in [4.69, 9.17) is 37.0 Å². The molecule has 0 rings (SSSR count). The van der Waals surface area contributed by atoms with Crippen molar-refractivity contribution in [1.82, 2.24) is 0 Å². The highest BCUT2D eigenvalue weighted by Crippen LogP contribution is 2.45. The van der Waals surface area contributed by atoms with Gasteiger partial charge in [0, 0.05) is 25.7 Å². The van der Waals surface area contributed by atoms with Crippen molar-refractivity contribution in [3.8, 4) is 0 Å². The number of aliphatic hydroxyl groups is 1. The molecule has 0 spiro atoms. The zero-order valence-corrected chi connectivity index (χ0v) is 68.7. The van der Waals surface area contributed by atoms with Crippen molar-refractivity contribution < 1.29 is 80.2 Å². The van der Waals surface area contributed by atoms with Crippen LogP contribution in [-0.2, 0) is 65.4 Å². The minimum Gasteiger partial charge on any atom is -0.462 e. The van der Waals surface area contributed by atoms with Crippen LogP contribution in [0.15, 0.2) is 0 Å². The van der Waals surface area contributed by atoms with E-state index in [0.717, 1.165) is 102 Å². The molecular weight excluding hydrogens is 1330 g/mol. The Hall–Kier alpha value is -1.94. The lowest BCUT2D eigenvalue weighted by Gasteiger charge is -2.21. The van der Waals surface area contributed by atoms with Crippen LogP contribution in [0.4, 0.5) is 0 Å². The lowest BCUT2D eigenvalue weighted by Crippen LogP contribution is -2.30. The van der Waals surface area contributed by atoms with Gasteiger partial charge >= 0.3 is 39.5 Å². The first-order valence-corrected chi connectivity index (χ1v) is 46.0. The maximum atomic E-state index is 13.1. The lowest BCUT2D eigenvalue weighted by molar-refractivity contribution is -0.161. The van der Waals surface area contributed by atoms with Gasteiger partial charge in [-0.1, -0.05) is 388 Å². The number of carbonyl (C=O) groups excluding carboxylic acids is 4. The van der Waals surface area contributed by atoms with Crippen molar-refractivity contribution in [1.29, 1.82) is 0 Å². The molecule has 0 aliphatic heterocycles. The number of ether oxygens (including phenoxy) is 4. The molecule has 0 fully saturated rings. The van der Waals surface area contributed by atoms with E-state index in [0.29, 0.717) is 31.6 Å². The van der Waals surface area contributed by atoms with E-state index >= 15 is 0 Å². The van der Waals surface area contributed by atoms with Crippen molar-refractivity contribution in [3.05, 3.63) is 0 Å². The van der Waals surface area contributed by atoms with E-state index in [1.165, 1.54) is 250 Å². The van der Waals surface area contributed by atoms with Crippen molar-refractivity contribution in [2.24, 2.45) is 11.8 Å². The predicted octanol–water partition coefficient (Wildman–Crippen LogP) is 25.1. The highest BCUT2D eigenvalue weighted by Gasteiger charge is 2.30. The highest BCUT2D eigenvalue weighted by molar-refractivity contribution is 7.47. The first kappa shape index (κ1) is 100. The maximum Gasteiger partial charge on any atom is 0.472 e. The first-order valence-electron chi connectivity index (χ1n) is 43.0. The number of hydrogen-bond donors (Lipinski definition) is 3. The molecule has 0 aromatic heterocycles. The highest BCUT2D eigenvalue weighted by atomic mass is 31.2. The summed E-state index contributed by atoms with van der Waals surface area (Å²) in [7, 11) is -9.92. The summed E-state index contributed by atoms with van der Waals surface area (Å²) in [6.07, 6.45) is 65.5. The lowest BCUT2D eigenvalue weighted by atomic mass is 10.0. The summed E-state index contributed by atoms with van der Waals surface area (Å²) in [4.78, 5) is 73.0. The summed E-state index contributed by atoms with van der Waals surface area (Å²) < 4.78 is 68.7. The van der Waals surface area contributed by atoms with Gasteiger partial charge in [-0.2, -0.15) is 0 Å². The third-order valence-electron chi connectivity index (χ3n) is 19.5. The Balaban J connectivity index is 5.20. The molecule has 0 aliphatic rings. The zero-order valence-electron chi connectivity index (χ0n) is 66.9. The number of hydrogen-bond acceptors (Lipinski definition) is 15. The number of phosphoric ester groups is 2. The molecule has 0 aromatic rings. The number of aliphatic hydroxyl groups excluding tert-OH is 1. The topological polar surface area (TPSA) is 237 Å². The van der Waals surface area contributed by atoms with E-state index in [2.05, 4.69) is 41.5 Å². The Morgan fingerprint density at radius 1 is 0.265 bits per heavy atom. The average molecular weight is 1490 g/mol. The van der Waals surface area contributed by atoms with Crippen molar-refractivity contribution >= 4 is 39.5 Å². The summed E-state index contributed by atoms with van der Waals surface area (Å²) in [5.41, 5.74) is 0. The van der Waals surface area contributed by atoms with E-state index in [1.54, 1.807) is 0 Å². The summed E-state index contributed by atoms with van der Waals surface area (Å²) in [5, 5.41) is 10.6. The molecule has 606 valence electrons. The standard InChI is InChI=1S/C83H162O17P2/c1-7-9-11-13-15-17-19-21-23-25-26-27-28-29-30-32-34-39-43-47-55-61-67-82(87)99-78(71-93-80(85)65-59-53-46-42-38-33-31-24-22-20-18-16-14-12-10-8-2)73-97-101(89,90)95-69-77(84)70-96-102(91,92)98-74-79(72-94-81(86)66-60-54-50-49-52-58-64-76(5)6)100-83(88)68-62-56-48-44-40-36-35-37-41-45-51-57-63-75(3)4/h75-79,84H,7-74H2,1-6H3,(H,89,90)(H,91,92)/t77-,78-,79-/m1/s1. The van der Waals surface area contributed by atoms with Gasteiger partial charge in [-0.25, -0.2) is 9.13 Å².